The van der Waals surface area contributed by atoms with Crippen LogP contribution < -0.4 is 5.32 Å². The summed E-state index contributed by atoms with van der Waals surface area (Å²) in [6, 6.07) is 15.6. The van der Waals surface area contributed by atoms with Gasteiger partial charge in [0.2, 0.25) is 5.91 Å². The van der Waals surface area contributed by atoms with Crippen molar-refractivity contribution in [1.29, 1.82) is 0 Å². The van der Waals surface area contributed by atoms with Crippen LogP contribution in [0.25, 0.3) is 0 Å². The van der Waals surface area contributed by atoms with Crippen molar-refractivity contribution in [1.82, 2.24) is 25.2 Å². The molecule has 1 N–H and O–H groups in total. The highest BCUT2D eigenvalue weighted by atomic mass is 35.5. The van der Waals surface area contributed by atoms with E-state index in [4.69, 9.17) is 16.3 Å². The number of ether oxygens (including phenoxy) is 1. The molecular formula is C25H28ClN5O3. The van der Waals surface area contributed by atoms with Crippen LogP contribution in [-0.4, -0.2) is 58.0 Å². The molecule has 1 saturated heterocycles. The minimum Gasteiger partial charge on any atom is -0.464 e. The van der Waals surface area contributed by atoms with Crippen molar-refractivity contribution in [2.45, 2.75) is 38.4 Å². The third-order valence-corrected chi connectivity index (χ3v) is 6.31. The van der Waals surface area contributed by atoms with Crippen LogP contribution in [0.15, 0.2) is 54.7 Å². The van der Waals surface area contributed by atoms with Crippen molar-refractivity contribution in [2.24, 2.45) is 0 Å². The summed E-state index contributed by atoms with van der Waals surface area (Å²) >= 11 is 6.06. The lowest BCUT2D eigenvalue weighted by Crippen LogP contribution is -2.43. The fourth-order valence-electron chi connectivity index (χ4n) is 4.24. The first-order valence-corrected chi connectivity index (χ1v) is 11.6. The first-order valence-electron chi connectivity index (χ1n) is 11.2. The van der Waals surface area contributed by atoms with Crippen molar-refractivity contribution in [3.05, 3.63) is 82.1 Å². The van der Waals surface area contributed by atoms with Crippen LogP contribution in [-0.2, 0) is 22.5 Å². The van der Waals surface area contributed by atoms with E-state index in [0.29, 0.717) is 37.5 Å². The molecule has 9 heteroatoms. The quantitative estimate of drug-likeness (QED) is 0.497. The van der Waals surface area contributed by atoms with Gasteiger partial charge in [0.25, 0.3) is 0 Å². The lowest BCUT2D eigenvalue weighted by Gasteiger charge is -2.23. The van der Waals surface area contributed by atoms with E-state index >= 15 is 0 Å². The summed E-state index contributed by atoms with van der Waals surface area (Å²) < 4.78 is 6.39. The zero-order valence-corrected chi connectivity index (χ0v) is 20.0. The second-order valence-electron chi connectivity index (χ2n) is 8.57. The Morgan fingerprint density at radius 2 is 1.97 bits per heavy atom. The Morgan fingerprint density at radius 1 is 1.18 bits per heavy atom. The molecule has 8 nitrogen and oxygen atoms in total. The summed E-state index contributed by atoms with van der Waals surface area (Å²) in [6.07, 6.45) is 2.85. The van der Waals surface area contributed by atoms with E-state index in [0.717, 1.165) is 11.1 Å². The second kappa shape index (κ2) is 10.8. The Labute approximate surface area is 203 Å². The molecule has 178 valence electrons. The number of aromatic nitrogens is 3. The number of rotatable bonds is 8. The van der Waals surface area contributed by atoms with E-state index in [9.17, 15) is 9.59 Å². The average molecular weight is 482 g/mol. The number of nitrogens with zero attached hydrogens (tertiary/aromatic N) is 4. The number of carbonyl (C=O) groups is 2. The van der Waals surface area contributed by atoms with Crippen LogP contribution in [0.3, 0.4) is 0 Å². The summed E-state index contributed by atoms with van der Waals surface area (Å²) in [5.41, 5.74) is 3.56. The van der Waals surface area contributed by atoms with Crippen molar-refractivity contribution in [3.8, 4) is 0 Å². The SMILES string of the molecule is COC(=O)c1cn([C@H]2C[C@@H](C(=O)NCCc3cccc(Cl)c3)N(Cc3ccc(C)cc3)C2)nn1. The van der Waals surface area contributed by atoms with E-state index in [1.165, 1.54) is 12.7 Å². The van der Waals surface area contributed by atoms with Gasteiger partial charge < -0.3 is 10.1 Å². The zero-order chi connectivity index (χ0) is 24.1. The lowest BCUT2D eigenvalue weighted by molar-refractivity contribution is -0.125. The number of hydrogen-bond donors (Lipinski definition) is 1. The number of amides is 1. The number of nitrogens with one attached hydrogen (secondary N) is 1. The van der Waals surface area contributed by atoms with Crippen molar-refractivity contribution in [3.63, 3.8) is 0 Å². The van der Waals surface area contributed by atoms with Gasteiger partial charge in [-0.2, -0.15) is 0 Å². The Kier molecular flexibility index (Phi) is 7.59. The van der Waals surface area contributed by atoms with E-state index < -0.39 is 5.97 Å². The molecule has 0 aliphatic carbocycles. The normalized spacial score (nSPS) is 18.1. The summed E-state index contributed by atoms with van der Waals surface area (Å²) in [5, 5.41) is 11.8. The zero-order valence-electron chi connectivity index (χ0n) is 19.3. The van der Waals surface area contributed by atoms with Gasteiger partial charge in [-0.25, -0.2) is 9.48 Å². The summed E-state index contributed by atoms with van der Waals surface area (Å²) in [7, 11) is 1.31. The smallest absolute Gasteiger partial charge is 0.360 e. The predicted octanol–water partition coefficient (Wildman–Crippen LogP) is 3.20. The van der Waals surface area contributed by atoms with Crippen LogP contribution in [0.5, 0.6) is 0 Å². The number of likely N-dealkylation sites (tertiary alicyclic amines) is 1. The molecule has 0 spiro atoms. The minimum absolute atomic E-state index is 0.0232. The molecule has 1 aliphatic rings. The number of carbonyl (C=O) groups excluding carboxylic acids is 2. The number of halogens is 1. The fraction of sp³-hybridized carbons (Fsp3) is 0.360. The summed E-state index contributed by atoms with van der Waals surface area (Å²) in [4.78, 5) is 27.1. The molecule has 4 rings (SSSR count). The number of benzene rings is 2. The molecule has 1 amide bonds. The molecule has 0 bridgehead atoms. The molecule has 1 aliphatic heterocycles. The number of aryl methyl sites for hydroxylation is 1. The van der Waals surface area contributed by atoms with Crippen LogP contribution in [0.4, 0.5) is 0 Å². The highest BCUT2D eigenvalue weighted by molar-refractivity contribution is 6.30. The summed E-state index contributed by atoms with van der Waals surface area (Å²) in [6.45, 7) is 3.83. The van der Waals surface area contributed by atoms with Crippen LogP contribution in [0.1, 0.15) is 39.6 Å². The molecule has 2 aromatic carbocycles. The monoisotopic (exact) mass is 481 g/mol. The van der Waals surface area contributed by atoms with Crippen molar-refractivity contribution >= 4 is 23.5 Å². The molecule has 0 radical (unpaired) electrons. The standard InChI is InChI=1S/C25H28ClN5O3/c1-17-6-8-19(9-7-17)14-30-15-21(31-16-22(28-29-31)25(33)34-2)13-23(30)24(32)27-11-10-18-4-3-5-20(26)12-18/h3-9,12,16,21,23H,10-11,13-15H2,1-2H3,(H,27,32)/t21-,23-/m0/s1. The van der Waals surface area contributed by atoms with Gasteiger partial charge in [0, 0.05) is 24.7 Å². The van der Waals surface area contributed by atoms with Crippen LogP contribution in [0, 0.1) is 6.92 Å². The Bertz CT molecular complexity index is 1150. The predicted molar refractivity (Wildman–Crippen MR) is 129 cm³/mol. The molecule has 2 atom stereocenters. The molecular weight excluding hydrogens is 454 g/mol. The number of esters is 1. The van der Waals surface area contributed by atoms with E-state index in [1.807, 2.05) is 24.3 Å². The first-order chi connectivity index (χ1) is 16.4. The van der Waals surface area contributed by atoms with Gasteiger partial charge in [0.1, 0.15) is 0 Å². The lowest BCUT2D eigenvalue weighted by atomic mass is 10.1. The van der Waals surface area contributed by atoms with Crippen molar-refractivity contribution in [2.75, 3.05) is 20.2 Å². The highest BCUT2D eigenvalue weighted by Gasteiger charge is 2.38. The van der Waals surface area contributed by atoms with Gasteiger partial charge in [-0.1, -0.05) is 58.8 Å². The molecule has 1 aromatic heterocycles. The maximum atomic E-state index is 13.2. The maximum Gasteiger partial charge on any atom is 0.360 e. The third-order valence-electron chi connectivity index (χ3n) is 6.07. The number of hydrogen-bond acceptors (Lipinski definition) is 6. The van der Waals surface area contributed by atoms with Crippen LogP contribution >= 0.6 is 11.6 Å². The van der Waals surface area contributed by atoms with Gasteiger partial charge in [-0.3, -0.25) is 9.69 Å². The average Bonchev–Trinajstić information content (AvgIpc) is 3.48. The minimum atomic E-state index is -0.531. The molecule has 3 aromatic rings. The maximum absolute atomic E-state index is 13.2. The Hall–Kier alpha value is -3.23. The second-order valence-corrected chi connectivity index (χ2v) is 9.00. The highest BCUT2D eigenvalue weighted by Crippen LogP contribution is 2.29. The molecule has 2 heterocycles. The van der Waals surface area contributed by atoms with Gasteiger partial charge in [-0.15, -0.1) is 5.10 Å². The largest absolute Gasteiger partial charge is 0.464 e. The van der Waals surface area contributed by atoms with E-state index in [1.54, 1.807) is 10.9 Å². The Morgan fingerprint density at radius 3 is 2.71 bits per heavy atom. The first kappa shape index (κ1) is 23.9. The topological polar surface area (TPSA) is 89.4 Å². The van der Waals surface area contributed by atoms with Gasteiger partial charge in [0.15, 0.2) is 5.69 Å². The molecule has 1 fully saturated rings. The van der Waals surface area contributed by atoms with Crippen LogP contribution in [0.2, 0.25) is 5.02 Å². The van der Waals surface area contributed by atoms with Gasteiger partial charge in [-0.05, 0) is 43.0 Å². The Balaban J connectivity index is 1.45. The van der Waals surface area contributed by atoms with E-state index in [2.05, 4.69) is 51.7 Å². The summed E-state index contributed by atoms with van der Waals surface area (Å²) in [5.74, 6) is -0.555. The van der Waals surface area contributed by atoms with E-state index in [-0.39, 0.29) is 23.7 Å². The molecule has 0 saturated carbocycles. The third kappa shape index (κ3) is 5.81. The molecule has 0 unspecified atom stereocenters. The fourth-order valence-corrected chi connectivity index (χ4v) is 4.45. The van der Waals surface area contributed by atoms with Crippen molar-refractivity contribution < 1.29 is 14.3 Å². The van der Waals surface area contributed by atoms with Gasteiger partial charge in [0.05, 0.1) is 25.4 Å². The number of methoxy groups -OCH3 is 1. The molecule has 34 heavy (non-hydrogen) atoms. The van der Waals surface area contributed by atoms with Gasteiger partial charge >= 0.3 is 5.97 Å².